The lowest BCUT2D eigenvalue weighted by molar-refractivity contribution is 0.0919. The summed E-state index contributed by atoms with van der Waals surface area (Å²) < 4.78 is 0. The van der Waals surface area contributed by atoms with Crippen LogP contribution in [0, 0.1) is 0 Å². The van der Waals surface area contributed by atoms with E-state index in [1.807, 2.05) is 45.0 Å². The Bertz CT molecular complexity index is 615. The van der Waals surface area contributed by atoms with Crippen molar-refractivity contribution in [3.63, 3.8) is 0 Å². The van der Waals surface area contributed by atoms with Crippen molar-refractivity contribution in [1.82, 2.24) is 10.3 Å². The molecule has 1 aromatic carbocycles. The Balaban J connectivity index is 2.28. The van der Waals surface area contributed by atoms with Crippen molar-refractivity contribution < 1.29 is 4.79 Å². The van der Waals surface area contributed by atoms with E-state index in [1.54, 1.807) is 18.3 Å². The van der Waals surface area contributed by atoms with Crippen LogP contribution < -0.4 is 5.32 Å². The maximum absolute atomic E-state index is 12.2. The molecule has 0 radical (unpaired) electrons. The Hall–Kier alpha value is -1.87. The molecule has 4 heteroatoms. The van der Waals surface area contributed by atoms with Gasteiger partial charge in [-0.1, -0.05) is 23.7 Å². The smallest absolute Gasteiger partial charge is 0.251 e. The molecule has 2 aromatic rings. The lowest BCUT2D eigenvalue weighted by Gasteiger charge is -2.20. The third kappa shape index (κ3) is 3.81. The van der Waals surface area contributed by atoms with E-state index in [0.29, 0.717) is 10.7 Å². The van der Waals surface area contributed by atoms with Crippen LogP contribution in [0.15, 0.2) is 42.6 Å². The minimum Gasteiger partial charge on any atom is -0.347 e. The highest BCUT2D eigenvalue weighted by Crippen LogP contribution is 2.21. The van der Waals surface area contributed by atoms with Crippen molar-refractivity contribution in [2.45, 2.75) is 26.3 Å². The lowest BCUT2D eigenvalue weighted by atomic mass is 10.0. The highest BCUT2D eigenvalue weighted by Gasteiger charge is 2.15. The van der Waals surface area contributed by atoms with Crippen LogP contribution >= 0.6 is 11.6 Å². The molecule has 0 aliphatic carbocycles. The molecule has 0 saturated carbocycles. The number of nitrogens with one attached hydrogen (secondary N) is 1. The number of aromatic nitrogens is 1. The number of rotatable bonds is 2. The standard InChI is InChI=1S/C16H17ClN2O/c1-16(2,3)19-15(20)12-6-4-5-11(9-12)13-7-8-14(17)18-10-13/h4-10H,1-3H3,(H,19,20). The van der Waals surface area contributed by atoms with Gasteiger partial charge in [-0.2, -0.15) is 0 Å². The molecule has 0 bridgehead atoms. The first-order valence-corrected chi connectivity index (χ1v) is 6.77. The number of carbonyl (C=O) groups is 1. The van der Waals surface area contributed by atoms with Gasteiger partial charge >= 0.3 is 0 Å². The molecule has 0 saturated heterocycles. The second-order valence-electron chi connectivity index (χ2n) is 5.65. The Morgan fingerprint density at radius 1 is 1.15 bits per heavy atom. The van der Waals surface area contributed by atoms with E-state index in [0.717, 1.165) is 11.1 Å². The number of hydrogen-bond acceptors (Lipinski definition) is 2. The summed E-state index contributed by atoms with van der Waals surface area (Å²) in [6.45, 7) is 5.87. The summed E-state index contributed by atoms with van der Waals surface area (Å²) in [6, 6.07) is 11.1. The van der Waals surface area contributed by atoms with Crippen LogP contribution in [0.3, 0.4) is 0 Å². The molecule has 1 heterocycles. The summed E-state index contributed by atoms with van der Waals surface area (Å²) in [5, 5.41) is 3.40. The summed E-state index contributed by atoms with van der Waals surface area (Å²) in [5.74, 6) is -0.0822. The normalized spacial score (nSPS) is 11.2. The second-order valence-corrected chi connectivity index (χ2v) is 6.04. The molecule has 3 nitrogen and oxygen atoms in total. The molecular weight excluding hydrogens is 272 g/mol. The van der Waals surface area contributed by atoms with Gasteiger partial charge in [0.05, 0.1) is 0 Å². The number of nitrogens with zero attached hydrogens (tertiary/aromatic N) is 1. The van der Waals surface area contributed by atoms with Crippen LogP contribution in [-0.2, 0) is 0 Å². The fourth-order valence-electron chi connectivity index (χ4n) is 1.80. The van der Waals surface area contributed by atoms with Gasteiger partial charge in [0, 0.05) is 22.9 Å². The quantitative estimate of drug-likeness (QED) is 0.851. The van der Waals surface area contributed by atoms with E-state index in [4.69, 9.17) is 11.6 Å². The summed E-state index contributed by atoms with van der Waals surface area (Å²) in [6.07, 6.45) is 1.70. The molecule has 0 fully saturated rings. The molecule has 0 aliphatic heterocycles. The molecule has 2 rings (SSSR count). The fourth-order valence-corrected chi connectivity index (χ4v) is 1.91. The second kappa shape index (κ2) is 5.63. The minimum absolute atomic E-state index is 0.0822. The third-order valence-corrected chi connectivity index (χ3v) is 2.90. The Kier molecular flexibility index (Phi) is 4.09. The summed E-state index contributed by atoms with van der Waals surface area (Å²) in [4.78, 5) is 16.2. The van der Waals surface area contributed by atoms with E-state index in [-0.39, 0.29) is 11.4 Å². The fraction of sp³-hybridized carbons (Fsp3) is 0.250. The molecule has 1 amide bonds. The number of pyridine rings is 1. The monoisotopic (exact) mass is 288 g/mol. The van der Waals surface area contributed by atoms with Crippen molar-refractivity contribution in [2.24, 2.45) is 0 Å². The first-order valence-electron chi connectivity index (χ1n) is 6.40. The van der Waals surface area contributed by atoms with Gasteiger partial charge in [0.25, 0.3) is 5.91 Å². The van der Waals surface area contributed by atoms with E-state index < -0.39 is 0 Å². The summed E-state index contributed by atoms with van der Waals surface area (Å²) >= 11 is 5.78. The number of halogens is 1. The summed E-state index contributed by atoms with van der Waals surface area (Å²) in [5.41, 5.74) is 2.25. The Morgan fingerprint density at radius 2 is 1.90 bits per heavy atom. The first-order chi connectivity index (χ1) is 9.35. The van der Waals surface area contributed by atoms with Crippen molar-refractivity contribution in [1.29, 1.82) is 0 Å². The van der Waals surface area contributed by atoms with Crippen molar-refractivity contribution in [3.8, 4) is 11.1 Å². The van der Waals surface area contributed by atoms with Crippen LogP contribution in [0.4, 0.5) is 0 Å². The van der Waals surface area contributed by atoms with E-state index in [2.05, 4.69) is 10.3 Å². The number of amides is 1. The number of hydrogen-bond donors (Lipinski definition) is 1. The van der Waals surface area contributed by atoms with Crippen LogP contribution in [0.1, 0.15) is 31.1 Å². The number of carbonyl (C=O) groups excluding carboxylic acids is 1. The van der Waals surface area contributed by atoms with E-state index in [1.165, 1.54) is 0 Å². The van der Waals surface area contributed by atoms with Crippen molar-refractivity contribution >= 4 is 17.5 Å². The van der Waals surface area contributed by atoms with Gasteiger partial charge in [-0.25, -0.2) is 4.98 Å². The van der Waals surface area contributed by atoms with Gasteiger partial charge in [0.2, 0.25) is 0 Å². The molecular formula is C16H17ClN2O. The lowest BCUT2D eigenvalue weighted by Crippen LogP contribution is -2.40. The SMILES string of the molecule is CC(C)(C)NC(=O)c1cccc(-c2ccc(Cl)nc2)c1. The van der Waals surface area contributed by atoms with Crippen LogP contribution in [0.25, 0.3) is 11.1 Å². The largest absolute Gasteiger partial charge is 0.347 e. The minimum atomic E-state index is -0.255. The average Bonchev–Trinajstić information content (AvgIpc) is 2.38. The van der Waals surface area contributed by atoms with Crippen molar-refractivity contribution in [3.05, 3.63) is 53.3 Å². The molecule has 0 atom stereocenters. The molecule has 1 aromatic heterocycles. The van der Waals surface area contributed by atoms with Gasteiger partial charge < -0.3 is 5.32 Å². The van der Waals surface area contributed by atoms with Crippen LogP contribution in [-0.4, -0.2) is 16.4 Å². The zero-order chi connectivity index (χ0) is 14.8. The Morgan fingerprint density at radius 3 is 2.50 bits per heavy atom. The zero-order valence-electron chi connectivity index (χ0n) is 11.8. The molecule has 20 heavy (non-hydrogen) atoms. The Labute approximate surface area is 124 Å². The highest BCUT2D eigenvalue weighted by molar-refractivity contribution is 6.29. The molecule has 0 spiro atoms. The highest BCUT2D eigenvalue weighted by atomic mass is 35.5. The summed E-state index contributed by atoms with van der Waals surface area (Å²) in [7, 11) is 0. The van der Waals surface area contributed by atoms with Crippen LogP contribution in [0.2, 0.25) is 5.15 Å². The van der Waals surface area contributed by atoms with Gasteiger partial charge in [0.1, 0.15) is 5.15 Å². The van der Waals surface area contributed by atoms with E-state index in [9.17, 15) is 4.79 Å². The predicted octanol–water partition coefficient (Wildman–Crippen LogP) is 3.93. The topological polar surface area (TPSA) is 42.0 Å². The van der Waals surface area contributed by atoms with Gasteiger partial charge in [0.15, 0.2) is 0 Å². The van der Waals surface area contributed by atoms with Gasteiger partial charge in [-0.15, -0.1) is 0 Å². The molecule has 104 valence electrons. The molecule has 1 N–H and O–H groups in total. The predicted molar refractivity (Wildman–Crippen MR) is 81.9 cm³/mol. The zero-order valence-corrected chi connectivity index (χ0v) is 12.5. The third-order valence-electron chi connectivity index (χ3n) is 2.67. The van der Waals surface area contributed by atoms with E-state index >= 15 is 0 Å². The van der Waals surface area contributed by atoms with Crippen molar-refractivity contribution in [2.75, 3.05) is 0 Å². The molecule has 0 unspecified atom stereocenters. The first kappa shape index (κ1) is 14.5. The van der Waals surface area contributed by atoms with Gasteiger partial charge in [-0.05, 0) is 50.6 Å². The maximum Gasteiger partial charge on any atom is 0.251 e. The molecule has 0 aliphatic rings. The number of benzene rings is 1. The van der Waals surface area contributed by atoms with Gasteiger partial charge in [-0.3, -0.25) is 4.79 Å². The maximum atomic E-state index is 12.2. The van der Waals surface area contributed by atoms with Crippen LogP contribution in [0.5, 0.6) is 0 Å². The average molecular weight is 289 g/mol.